The van der Waals surface area contributed by atoms with Crippen LogP contribution in [0.15, 0.2) is 36.5 Å². The fraction of sp³-hybridized carbons (Fsp3) is 0.375. The summed E-state index contributed by atoms with van der Waals surface area (Å²) < 4.78 is 0. The second kappa shape index (κ2) is 5.10. The minimum Gasteiger partial charge on any atom is -0.327 e. The SMILES string of the molecule is NC1CCCCC1C(=O)c1cccc2ncccc12. The van der Waals surface area contributed by atoms with E-state index in [1.54, 1.807) is 6.20 Å². The third-order valence-corrected chi connectivity index (χ3v) is 4.07. The van der Waals surface area contributed by atoms with E-state index in [1.165, 1.54) is 0 Å². The number of benzene rings is 1. The van der Waals surface area contributed by atoms with Gasteiger partial charge in [0.05, 0.1) is 5.52 Å². The van der Waals surface area contributed by atoms with Crippen LogP contribution in [0.5, 0.6) is 0 Å². The number of fused-ring (bicyclic) bond motifs is 1. The van der Waals surface area contributed by atoms with Crippen LogP contribution in [-0.4, -0.2) is 16.8 Å². The average molecular weight is 254 g/mol. The maximum absolute atomic E-state index is 12.7. The van der Waals surface area contributed by atoms with Crippen molar-refractivity contribution in [2.24, 2.45) is 11.7 Å². The monoisotopic (exact) mass is 254 g/mol. The van der Waals surface area contributed by atoms with Gasteiger partial charge < -0.3 is 5.73 Å². The third-order valence-electron chi connectivity index (χ3n) is 4.07. The molecule has 0 amide bonds. The zero-order chi connectivity index (χ0) is 13.2. The molecular formula is C16H18N2O. The molecule has 1 aromatic heterocycles. The second-order valence-electron chi connectivity index (χ2n) is 5.29. The maximum atomic E-state index is 12.7. The van der Waals surface area contributed by atoms with E-state index in [2.05, 4.69) is 4.98 Å². The highest BCUT2D eigenvalue weighted by Gasteiger charge is 2.29. The lowest BCUT2D eigenvalue weighted by Crippen LogP contribution is -2.38. The molecule has 3 rings (SSSR count). The Kier molecular flexibility index (Phi) is 3.30. The van der Waals surface area contributed by atoms with Crippen LogP contribution in [0.2, 0.25) is 0 Å². The Hall–Kier alpha value is -1.74. The summed E-state index contributed by atoms with van der Waals surface area (Å²) in [4.78, 5) is 17.0. The van der Waals surface area contributed by atoms with E-state index in [1.807, 2.05) is 30.3 Å². The number of pyridine rings is 1. The van der Waals surface area contributed by atoms with Crippen molar-refractivity contribution >= 4 is 16.7 Å². The first kappa shape index (κ1) is 12.3. The lowest BCUT2D eigenvalue weighted by atomic mass is 9.80. The summed E-state index contributed by atoms with van der Waals surface area (Å²) in [6.07, 6.45) is 5.87. The van der Waals surface area contributed by atoms with E-state index >= 15 is 0 Å². The summed E-state index contributed by atoms with van der Waals surface area (Å²) in [5, 5.41) is 0.938. The predicted octanol–water partition coefficient (Wildman–Crippen LogP) is 2.94. The summed E-state index contributed by atoms with van der Waals surface area (Å²) in [5.41, 5.74) is 7.77. The molecule has 1 fully saturated rings. The Morgan fingerprint density at radius 3 is 2.84 bits per heavy atom. The largest absolute Gasteiger partial charge is 0.327 e. The summed E-state index contributed by atoms with van der Waals surface area (Å²) in [5.74, 6) is 0.158. The lowest BCUT2D eigenvalue weighted by molar-refractivity contribution is 0.0873. The molecule has 3 heteroatoms. The molecule has 0 aliphatic heterocycles. The van der Waals surface area contributed by atoms with Gasteiger partial charge in [0.2, 0.25) is 0 Å². The molecule has 1 aromatic carbocycles. The highest BCUT2D eigenvalue weighted by atomic mass is 16.1. The molecule has 0 bridgehead atoms. The van der Waals surface area contributed by atoms with Crippen molar-refractivity contribution in [1.29, 1.82) is 0 Å². The van der Waals surface area contributed by atoms with Gasteiger partial charge in [-0.3, -0.25) is 9.78 Å². The molecule has 1 aliphatic rings. The van der Waals surface area contributed by atoms with Crippen LogP contribution in [0.3, 0.4) is 0 Å². The molecule has 3 nitrogen and oxygen atoms in total. The molecule has 0 spiro atoms. The highest BCUT2D eigenvalue weighted by molar-refractivity contribution is 6.08. The van der Waals surface area contributed by atoms with Gasteiger partial charge in [0.1, 0.15) is 0 Å². The standard InChI is InChI=1S/C16H18N2O/c17-14-8-2-1-5-13(14)16(19)12-6-3-9-15-11(12)7-4-10-18-15/h3-4,6-7,9-10,13-14H,1-2,5,8,17H2. The van der Waals surface area contributed by atoms with Crippen molar-refractivity contribution in [3.8, 4) is 0 Å². The Balaban J connectivity index is 2.01. The molecular weight excluding hydrogens is 236 g/mol. The Labute approximate surface area is 112 Å². The summed E-state index contributed by atoms with van der Waals surface area (Å²) in [6.45, 7) is 0. The second-order valence-corrected chi connectivity index (χ2v) is 5.29. The van der Waals surface area contributed by atoms with Gasteiger partial charge in [-0.1, -0.05) is 31.0 Å². The van der Waals surface area contributed by atoms with Crippen LogP contribution in [0.1, 0.15) is 36.0 Å². The van der Waals surface area contributed by atoms with Gasteiger partial charge in [-0.2, -0.15) is 0 Å². The van der Waals surface area contributed by atoms with Gasteiger partial charge >= 0.3 is 0 Å². The minimum atomic E-state index is -0.0282. The van der Waals surface area contributed by atoms with E-state index in [4.69, 9.17) is 5.73 Å². The number of carbonyl (C=O) groups is 1. The molecule has 1 aliphatic carbocycles. The van der Waals surface area contributed by atoms with Gasteiger partial charge in [-0.25, -0.2) is 0 Å². The van der Waals surface area contributed by atoms with E-state index in [0.29, 0.717) is 0 Å². The molecule has 1 heterocycles. The van der Waals surface area contributed by atoms with Gasteiger partial charge in [0, 0.05) is 29.1 Å². The topological polar surface area (TPSA) is 56.0 Å². The molecule has 2 unspecified atom stereocenters. The summed E-state index contributed by atoms with van der Waals surface area (Å²) >= 11 is 0. The van der Waals surface area contributed by atoms with Gasteiger partial charge in [-0.05, 0) is 25.0 Å². The summed E-state index contributed by atoms with van der Waals surface area (Å²) in [6, 6.07) is 9.58. The van der Waals surface area contributed by atoms with Crippen molar-refractivity contribution in [1.82, 2.24) is 4.98 Å². The number of rotatable bonds is 2. The first-order chi connectivity index (χ1) is 9.27. The van der Waals surface area contributed by atoms with Gasteiger partial charge in [0.15, 0.2) is 5.78 Å². The normalized spacial score (nSPS) is 23.4. The van der Waals surface area contributed by atoms with E-state index in [9.17, 15) is 4.79 Å². The molecule has 2 atom stereocenters. The highest BCUT2D eigenvalue weighted by Crippen LogP contribution is 2.28. The lowest BCUT2D eigenvalue weighted by Gasteiger charge is -2.27. The smallest absolute Gasteiger partial charge is 0.168 e. The fourth-order valence-electron chi connectivity index (χ4n) is 3.00. The number of carbonyl (C=O) groups excluding carboxylic acids is 1. The first-order valence-corrected chi connectivity index (χ1v) is 6.91. The number of nitrogens with two attached hydrogens (primary N) is 1. The molecule has 1 saturated carbocycles. The van der Waals surface area contributed by atoms with Crippen molar-refractivity contribution < 1.29 is 4.79 Å². The van der Waals surface area contributed by atoms with E-state index in [-0.39, 0.29) is 17.7 Å². The predicted molar refractivity (Wildman–Crippen MR) is 76.0 cm³/mol. The number of nitrogens with zero attached hydrogens (tertiary/aromatic N) is 1. The van der Waals surface area contributed by atoms with Crippen molar-refractivity contribution in [3.05, 3.63) is 42.1 Å². The van der Waals surface area contributed by atoms with Crippen LogP contribution in [0, 0.1) is 5.92 Å². The van der Waals surface area contributed by atoms with Crippen LogP contribution in [0.25, 0.3) is 10.9 Å². The number of hydrogen-bond acceptors (Lipinski definition) is 3. The van der Waals surface area contributed by atoms with Crippen LogP contribution in [-0.2, 0) is 0 Å². The molecule has 0 radical (unpaired) electrons. The molecule has 0 saturated heterocycles. The third kappa shape index (κ3) is 2.26. The van der Waals surface area contributed by atoms with E-state index in [0.717, 1.165) is 42.1 Å². The van der Waals surface area contributed by atoms with E-state index < -0.39 is 0 Å². The van der Waals surface area contributed by atoms with Gasteiger partial charge in [-0.15, -0.1) is 0 Å². The Bertz CT molecular complexity index is 603. The number of Topliss-reactive ketones (excluding diaryl/α,β-unsaturated/α-hetero) is 1. The summed E-state index contributed by atoms with van der Waals surface area (Å²) in [7, 11) is 0. The van der Waals surface area contributed by atoms with Gasteiger partial charge in [0.25, 0.3) is 0 Å². The zero-order valence-corrected chi connectivity index (χ0v) is 10.9. The van der Waals surface area contributed by atoms with Crippen LogP contribution < -0.4 is 5.73 Å². The number of aromatic nitrogens is 1. The number of ketones is 1. The molecule has 2 N–H and O–H groups in total. The quantitative estimate of drug-likeness (QED) is 0.838. The zero-order valence-electron chi connectivity index (χ0n) is 10.9. The molecule has 2 aromatic rings. The maximum Gasteiger partial charge on any atom is 0.168 e. The molecule has 19 heavy (non-hydrogen) atoms. The first-order valence-electron chi connectivity index (χ1n) is 6.91. The Morgan fingerprint density at radius 2 is 2.00 bits per heavy atom. The minimum absolute atomic E-state index is 0.00757. The average Bonchev–Trinajstić information content (AvgIpc) is 2.46. The van der Waals surface area contributed by atoms with Crippen LogP contribution in [0.4, 0.5) is 0 Å². The number of hydrogen-bond donors (Lipinski definition) is 1. The van der Waals surface area contributed by atoms with Crippen molar-refractivity contribution in [2.75, 3.05) is 0 Å². The fourth-order valence-corrected chi connectivity index (χ4v) is 3.00. The van der Waals surface area contributed by atoms with Crippen molar-refractivity contribution in [2.45, 2.75) is 31.7 Å². The molecule has 98 valence electrons. The van der Waals surface area contributed by atoms with Crippen molar-refractivity contribution in [3.63, 3.8) is 0 Å². The Morgan fingerprint density at radius 1 is 1.16 bits per heavy atom. The van der Waals surface area contributed by atoms with Crippen LogP contribution >= 0.6 is 0 Å².